The van der Waals surface area contributed by atoms with Crippen molar-refractivity contribution >= 4 is 15.9 Å². The van der Waals surface area contributed by atoms with Gasteiger partial charge in [0.2, 0.25) is 0 Å². The number of benzene rings is 1. The Morgan fingerprint density at radius 1 is 1.41 bits per heavy atom. The van der Waals surface area contributed by atoms with Crippen LogP contribution in [0.5, 0.6) is 0 Å². The van der Waals surface area contributed by atoms with E-state index in [1.807, 2.05) is 6.07 Å². The molecule has 1 heterocycles. The molecule has 0 aromatic heterocycles. The van der Waals surface area contributed by atoms with Gasteiger partial charge in [0.25, 0.3) is 0 Å². The number of nitrogens with one attached hydrogen (secondary N) is 1. The molecule has 1 aliphatic heterocycles. The van der Waals surface area contributed by atoms with E-state index in [2.05, 4.69) is 33.3 Å². The maximum atomic E-state index is 13.1. The topological polar surface area (TPSA) is 24.5 Å². The number of hydrogen-bond donors (Lipinski definition) is 1. The summed E-state index contributed by atoms with van der Waals surface area (Å²) in [6.45, 7) is 5.34. The van der Waals surface area contributed by atoms with Gasteiger partial charge in [-0.05, 0) is 40.5 Å². The number of halogens is 2. The van der Waals surface area contributed by atoms with Crippen molar-refractivity contribution in [2.45, 2.75) is 13.0 Å². The summed E-state index contributed by atoms with van der Waals surface area (Å²) in [5.41, 5.74) is 4.45. The van der Waals surface area contributed by atoms with E-state index >= 15 is 0 Å². The van der Waals surface area contributed by atoms with E-state index in [0.29, 0.717) is 4.47 Å². The van der Waals surface area contributed by atoms with Crippen LogP contribution in [0.15, 0.2) is 22.7 Å². The minimum atomic E-state index is -0.229. The van der Waals surface area contributed by atoms with Gasteiger partial charge in [-0.3, -0.25) is 0 Å². The second-order valence-electron chi connectivity index (χ2n) is 4.12. The summed E-state index contributed by atoms with van der Waals surface area (Å²) in [4.78, 5) is 0. The van der Waals surface area contributed by atoms with E-state index in [9.17, 15) is 4.39 Å². The molecule has 0 aliphatic carbocycles. The summed E-state index contributed by atoms with van der Waals surface area (Å²) < 4.78 is 18.9. The number of nitrogens with zero attached hydrogens (tertiary/aromatic N) is 1. The van der Waals surface area contributed by atoms with Gasteiger partial charge < -0.3 is 4.74 Å². The fourth-order valence-corrected chi connectivity index (χ4v) is 2.22. The molecule has 94 valence electrons. The van der Waals surface area contributed by atoms with Gasteiger partial charge in [-0.1, -0.05) is 6.07 Å². The van der Waals surface area contributed by atoms with Crippen molar-refractivity contribution in [3.05, 3.63) is 34.1 Å². The van der Waals surface area contributed by atoms with E-state index in [1.54, 1.807) is 6.07 Å². The molecule has 0 bridgehead atoms. The van der Waals surface area contributed by atoms with Crippen molar-refractivity contribution in [3.63, 3.8) is 0 Å². The molecule has 0 amide bonds. The average molecular weight is 303 g/mol. The summed E-state index contributed by atoms with van der Waals surface area (Å²) in [5.74, 6) is -0.229. The lowest BCUT2D eigenvalue weighted by Crippen LogP contribution is -2.46. The Balaban J connectivity index is 1.98. The summed E-state index contributed by atoms with van der Waals surface area (Å²) in [6, 6.07) is 5.26. The van der Waals surface area contributed by atoms with Crippen molar-refractivity contribution < 1.29 is 9.13 Å². The number of hydrazine groups is 1. The lowest BCUT2D eigenvalue weighted by atomic mass is 10.1. The number of ether oxygens (including phenoxy) is 1. The zero-order valence-electron chi connectivity index (χ0n) is 9.75. The lowest BCUT2D eigenvalue weighted by Gasteiger charge is -2.30. The van der Waals surface area contributed by atoms with Crippen LogP contribution in [0.2, 0.25) is 0 Å². The molecule has 17 heavy (non-hydrogen) atoms. The highest BCUT2D eigenvalue weighted by atomic mass is 79.9. The molecule has 0 saturated carbocycles. The molecule has 1 unspecified atom stereocenters. The Labute approximate surface area is 109 Å². The molecular formula is C12H16BrFN2O. The van der Waals surface area contributed by atoms with E-state index < -0.39 is 0 Å². The van der Waals surface area contributed by atoms with E-state index in [-0.39, 0.29) is 11.9 Å². The summed E-state index contributed by atoms with van der Waals surface area (Å²) in [5, 5.41) is 2.14. The summed E-state index contributed by atoms with van der Waals surface area (Å²) in [7, 11) is 0. The van der Waals surface area contributed by atoms with Crippen molar-refractivity contribution in [2.24, 2.45) is 0 Å². The first kappa shape index (κ1) is 13.0. The van der Waals surface area contributed by atoms with Gasteiger partial charge in [0, 0.05) is 19.1 Å². The van der Waals surface area contributed by atoms with E-state index in [1.165, 1.54) is 6.07 Å². The Hall–Kier alpha value is -0.490. The van der Waals surface area contributed by atoms with Crippen molar-refractivity contribution in [3.8, 4) is 0 Å². The summed E-state index contributed by atoms with van der Waals surface area (Å²) in [6.07, 6.45) is 0. The molecular weight excluding hydrogens is 287 g/mol. The maximum absolute atomic E-state index is 13.1. The quantitative estimate of drug-likeness (QED) is 0.928. The zero-order chi connectivity index (χ0) is 12.3. The first-order valence-corrected chi connectivity index (χ1v) is 6.50. The number of rotatable bonds is 3. The first-order valence-electron chi connectivity index (χ1n) is 5.70. The second-order valence-corrected chi connectivity index (χ2v) is 4.98. The SMILES string of the molecule is CC(NN1CCOCC1)c1ccc(F)c(Br)c1. The normalized spacial score (nSPS) is 19.2. The Morgan fingerprint density at radius 2 is 2.12 bits per heavy atom. The highest BCUT2D eigenvalue weighted by Gasteiger charge is 2.14. The second kappa shape index (κ2) is 5.91. The molecule has 1 aliphatic rings. The highest BCUT2D eigenvalue weighted by molar-refractivity contribution is 9.10. The standard InChI is InChI=1S/C12H16BrFN2O/c1-9(15-16-4-6-17-7-5-16)10-2-3-12(14)11(13)8-10/h2-3,8-9,15H,4-7H2,1H3. The summed E-state index contributed by atoms with van der Waals surface area (Å²) >= 11 is 3.20. The highest BCUT2D eigenvalue weighted by Crippen LogP contribution is 2.21. The van der Waals surface area contributed by atoms with Gasteiger partial charge in [-0.15, -0.1) is 0 Å². The molecule has 5 heteroatoms. The van der Waals surface area contributed by atoms with E-state index in [4.69, 9.17) is 4.74 Å². The smallest absolute Gasteiger partial charge is 0.137 e. The number of hydrogen-bond acceptors (Lipinski definition) is 3. The van der Waals surface area contributed by atoms with Crippen LogP contribution >= 0.6 is 15.9 Å². The van der Waals surface area contributed by atoms with Gasteiger partial charge in [0.15, 0.2) is 0 Å². The van der Waals surface area contributed by atoms with Crippen molar-refractivity contribution in [1.82, 2.24) is 10.4 Å². The van der Waals surface area contributed by atoms with Crippen LogP contribution < -0.4 is 5.43 Å². The first-order chi connectivity index (χ1) is 8.16. The molecule has 0 spiro atoms. The predicted octanol–water partition coefficient (Wildman–Crippen LogP) is 2.49. The molecule has 1 atom stereocenters. The van der Waals surface area contributed by atoms with E-state index in [0.717, 1.165) is 31.9 Å². The third-order valence-corrected chi connectivity index (χ3v) is 3.44. The zero-order valence-corrected chi connectivity index (χ0v) is 11.3. The van der Waals surface area contributed by atoms with Gasteiger partial charge in [-0.2, -0.15) is 0 Å². The molecule has 1 fully saturated rings. The van der Waals surface area contributed by atoms with Crippen LogP contribution in [0.4, 0.5) is 4.39 Å². The van der Waals surface area contributed by atoms with Crippen molar-refractivity contribution in [2.75, 3.05) is 26.3 Å². The third-order valence-electron chi connectivity index (χ3n) is 2.83. The number of morpholine rings is 1. The van der Waals surface area contributed by atoms with Gasteiger partial charge in [0.1, 0.15) is 5.82 Å². The molecule has 1 aromatic rings. The van der Waals surface area contributed by atoms with Crippen LogP contribution in [-0.2, 0) is 4.74 Å². The van der Waals surface area contributed by atoms with Gasteiger partial charge in [-0.25, -0.2) is 14.8 Å². The molecule has 1 aromatic carbocycles. The van der Waals surface area contributed by atoms with Gasteiger partial charge in [0.05, 0.1) is 17.7 Å². The molecule has 0 radical (unpaired) electrons. The van der Waals surface area contributed by atoms with Crippen LogP contribution in [0, 0.1) is 5.82 Å². The molecule has 2 rings (SSSR count). The van der Waals surface area contributed by atoms with Crippen LogP contribution in [0.1, 0.15) is 18.5 Å². The Morgan fingerprint density at radius 3 is 2.76 bits per heavy atom. The Kier molecular flexibility index (Phi) is 4.50. The van der Waals surface area contributed by atoms with Crippen molar-refractivity contribution in [1.29, 1.82) is 0 Å². The predicted molar refractivity (Wildman–Crippen MR) is 68.0 cm³/mol. The van der Waals surface area contributed by atoms with Gasteiger partial charge >= 0.3 is 0 Å². The lowest BCUT2D eigenvalue weighted by molar-refractivity contribution is 0.00484. The van der Waals surface area contributed by atoms with Crippen LogP contribution in [0.25, 0.3) is 0 Å². The monoisotopic (exact) mass is 302 g/mol. The molecule has 1 N–H and O–H groups in total. The molecule has 3 nitrogen and oxygen atoms in total. The maximum Gasteiger partial charge on any atom is 0.137 e. The minimum absolute atomic E-state index is 0.157. The fraction of sp³-hybridized carbons (Fsp3) is 0.500. The fourth-order valence-electron chi connectivity index (χ4n) is 1.82. The Bertz CT molecular complexity index is 383. The largest absolute Gasteiger partial charge is 0.379 e. The average Bonchev–Trinajstić information content (AvgIpc) is 2.34. The van der Waals surface area contributed by atoms with Crippen LogP contribution in [-0.4, -0.2) is 31.3 Å². The third kappa shape index (κ3) is 3.48. The minimum Gasteiger partial charge on any atom is -0.379 e. The van der Waals surface area contributed by atoms with Crippen LogP contribution in [0.3, 0.4) is 0 Å². The molecule has 1 saturated heterocycles.